The minimum atomic E-state index is 0.0807. The van der Waals surface area contributed by atoms with Gasteiger partial charge in [-0.05, 0) is 72.4 Å². The van der Waals surface area contributed by atoms with Crippen LogP contribution in [0.25, 0.3) is 0 Å². The van der Waals surface area contributed by atoms with E-state index in [9.17, 15) is 0 Å². The van der Waals surface area contributed by atoms with Crippen LogP contribution in [-0.2, 0) is 27.1 Å². The highest BCUT2D eigenvalue weighted by molar-refractivity contribution is 5.52. The zero-order valence-corrected chi connectivity index (χ0v) is 26.2. The maximum atomic E-state index is 2.59. The van der Waals surface area contributed by atoms with Crippen LogP contribution in [0, 0.1) is 0 Å². The molecule has 0 saturated carbocycles. The Morgan fingerprint density at radius 1 is 0.457 bits per heavy atom. The number of rotatable bonds is 3. The van der Waals surface area contributed by atoms with Crippen LogP contribution < -0.4 is 0 Å². The molecule has 2 aromatic carbocycles. The number of benzene rings is 2. The van der Waals surface area contributed by atoms with E-state index in [1.54, 1.807) is 0 Å². The molecule has 0 radical (unpaired) electrons. The van der Waals surface area contributed by atoms with Crippen molar-refractivity contribution in [1.29, 1.82) is 0 Å². The lowest BCUT2D eigenvalue weighted by molar-refractivity contribution is 0.516. The SMILES string of the molecule is CCC(c1ccc(C(C)(C)C)c(C(C)(C)C)c1)c1cc(C(C)(C)C)c(C(C)(C)C)cc1C(C)(C)C. The Bertz CT molecular complexity index is 1030. The van der Waals surface area contributed by atoms with E-state index in [4.69, 9.17) is 0 Å². The maximum Gasteiger partial charge on any atom is 0.00898 e. The molecule has 0 aliphatic heterocycles. The summed E-state index contributed by atoms with van der Waals surface area (Å²) in [5, 5.41) is 0. The fourth-order valence-corrected chi connectivity index (χ4v) is 5.48. The fraction of sp³-hybridized carbons (Fsp3) is 0.657. The average Bonchev–Trinajstić information content (AvgIpc) is 2.64. The first-order valence-corrected chi connectivity index (χ1v) is 13.8. The quantitative estimate of drug-likeness (QED) is 0.413. The molecule has 0 heteroatoms. The summed E-state index contributed by atoms with van der Waals surface area (Å²) in [7, 11) is 0. The van der Waals surface area contributed by atoms with Gasteiger partial charge < -0.3 is 0 Å². The summed E-state index contributed by atoms with van der Waals surface area (Å²) in [5.74, 6) is 0.384. The zero-order chi connectivity index (χ0) is 27.4. The molecule has 0 N–H and O–H groups in total. The van der Waals surface area contributed by atoms with Crippen molar-refractivity contribution in [2.45, 2.75) is 150 Å². The molecule has 0 heterocycles. The molecule has 2 aromatic rings. The third kappa shape index (κ3) is 6.61. The van der Waals surface area contributed by atoms with Gasteiger partial charge in [0, 0.05) is 5.92 Å². The van der Waals surface area contributed by atoms with Gasteiger partial charge in [-0.15, -0.1) is 0 Å². The van der Waals surface area contributed by atoms with Crippen LogP contribution in [0.3, 0.4) is 0 Å². The number of hydrogen-bond donors (Lipinski definition) is 0. The summed E-state index contributed by atoms with van der Waals surface area (Å²) in [6.07, 6.45) is 1.10. The maximum absolute atomic E-state index is 2.59. The van der Waals surface area contributed by atoms with Crippen LogP contribution in [0.4, 0.5) is 0 Å². The van der Waals surface area contributed by atoms with Gasteiger partial charge in [0.05, 0.1) is 0 Å². The van der Waals surface area contributed by atoms with E-state index in [1.807, 2.05) is 0 Å². The lowest BCUT2D eigenvalue weighted by Gasteiger charge is -2.36. The van der Waals surface area contributed by atoms with E-state index >= 15 is 0 Å². The molecule has 0 amide bonds. The van der Waals surface area contributed by atoms with Gasteiger partial charge >= 0.3 is 0 Å². The van der Waals surface area contributed by atoms with E-state index in [-0.39, 0.29) is 27.1 Å². The molecule has 0 aliphatic rings. The van der Waals surface area contributed by atoms with Gasteiger partial charge in [0.15, 0.2) is 0 Å². The smallest absolute Gasteiger partial charge is 0.00898 e. The van der Waals surface area contributed by atoms with Gasteiger partial charge in [0.25, 0.3) is 0 Å². The summed E-state index contributed by atoms with van der Waals surface area (Å²) >= 11 is 0. The molecule has 196 valence electrons. The van der Waals surface area contributed by atoms with Crippen molar-refractivity contribution in [3.63, 3.8) is 0 Å². The van der Waals surface area contributed by atoms with Crippen molar-refractivity contribution < 1.29 is 0 Å². The molecule has 35 heavy (non-hydrogen) atoms. The van der Waals surface area contributed by atoms with Gasteiger partial charge in [0.1, 0.15) is 0 Å². The van der Waals surface area contributed by atoms with Crippen LogP contribution in [0.5, 0.6) is 0 Å². The Balaban J connectivity index is 2.95. The highest BCUT2D eigenvalue weighted by Gasteiger charge is 2.32. The highest BCUT2D eigenvalue weighted by atomic mass is 14.4. The second-order valence-corrected chi connectivity index (χ2v) is 16.0. The van der Waals surface area contributed by atoms with E-state index in [2.05, 4.69) is 141 Å². The first-order valence-electron chi connectivity index (χ1n) is 13.8. The van der Waals surface area contributed by atoms with Gasteiger partial charge in [-0.3, -0.25) is 0 Å². The van der Waals surface area contributed by atoms with Crippen LogP contribution in [-0.4, -0.2) is 0 Å². The third-order valence-electron chi connectivity index (χ3n) is 7.46. The van der Waals surface area contributed by atoms with Crippen LogP contribution in [0.2, 0.25) is 0 Å². The van der Waals surface area contributed by atoms with Crippen LogP contribution in [0.1, 0.15) is 162 Å². The van der Waals surface area contributed by atoms with Crippen LogP contribution in [0.15, 0.2) is 30.3 Å². The summed E-state index contributed by atoms with van der Waals surface area (Å²) in [6, 6.07) is 12.5. The number of hydrogen-bond acceptors (Lipinski definition) is 0. The molecular formula is C35H56. The van der Waals surface area contributed by atoms with Crippen molar-refractivity contribution in [2.75, 3.05) is 0 Å². The summed E-state index contributed by atoms with van der Waals surface area (Å²) in [5.41, 5.74) is 10.9. The fourth-order valence-electron chi connectivity index (χ4n) is 5.48. The molecule has 0 bridgehead atoms. The Labute approximate surface area is 219 Å². The summed E-state index contributed by atoms with van der Waals surface area (Å²) < 4.78 is 0. The lowest BCUT2D eigenvalue weighted by atomic mass is 9.68. The van der Waals surface area contributed by atoms with Crippen LogP contribution >= 0.6 is 0 Å². The Morgan fingerprint density at radius 3 is 1.20 bits per heavy atom. The largest absolute Gasteiger partial charge is 0.0645 e. The van der Waals surface area contributed by atoms with Crippen molar-refractivity contribution >= 4 is 0 Å². The first kappa shape index (κ1) is 29.7. The minimum absolute atomic E-state index is 0.0807. The molecule has 1 unspecified atom stereocenters. The third-order valence-corrected chi connectivity index (χ3v) is 7.46. The van der Waals surface area contributed by atoms with Crippen molar-refractivity contribution in [3.05, 3.63) is 69.3 Å². The second kappa shape index (κ2) is 9.39. The monoisotopic (exact) mass is 476 g/mol. The predicted molar refractivity (Wildman–Crippen MR) is 159 cm³/mol. The van der Waals surface area contributed by atoms with Gasteiger partial charge in [-0.25, -0.2) is 0 Å². The molecular weight excluding hydrogens is 420 g/mol. The average molecular weight is 477 g/mol. The van der Waals surface area contributed by atoms with Crippen molar-refractivity contribution in [3.8, 4) is 0 Å². The standard InChI is InChI=1S/C35H56/c1-17-24(23-18-19-26(31(2,3)4)28(20-23)33(8,9)10)25-21-29(34(11,12)13)30(35(14,15)16)22-27(25)32(5,6)7/h18-22,24H,17H2,1-16H3. The van der Waals surface area contributed by atoms with E-state index in [0.29, 0.717) is 5.92 Å². The molecule has 0 fully saturated rings. The molecule has 1 atom stereocenters. The summed E-state index contributed by atoms with van der Waals surface area (Å²) in [4.78, 5) is 0. The van der Waals surface area contributed by atoms with Gasteiger partial charge in [-0.2, -0.15) is 0 Å². The molecule has 0 saturated heterocycles. The molecule has 0 aliphatic carbocycles. The Morgan fingerprint density at radius 2 is 0.829 bits per heavy atom. The molecule has 0 spiro atoms. The van der Waals surface area contributed by atoms with E-state index in [1.165, 1.54) is 38.9 Å². The second-order valence-electron chi connectivity index (χ2n) is 16.0. The Hall–Kier alpha value is -1.56. The van der Waals surface area contributed by atoms with Crippen molar-refractivity contribution in [2.24, 2.45) is 0 Å². The zero-order valence-electron chi connectivity index (χ0n) is 26.2. The first-order chi connectivity index (χ1) is 15.5. The lowest BCUT2D eigenvalue weighted by Crippen LogP contribution is -2.26. The summed E-state index contributed by atoms with van der Waals surface area (Å²) in [6.45, 7) is 37.8. The highest BCUT2D eigenvalue weighted by Crippen LogP contribution is 2.44. The van der Waals surface area contributed by atoms with Gasteiger partial charge in [0.2, 0.25) is 0 Å². The van der Waals surface area contributed by atoms with Gasteiger partial charge in [-0.1, -0.05) is 141 Å². The van der Waals surface area contributed by atoms with E-state index < -0.39 is 0 Å². The molecule has 0 aromatic heterocycles. The Kier molecular flexibility index (Phi) is 7.96. The normalized spacial score (nSPS) is 14.9. The predicted octanol–water partition coefficient (Wildman–Crippen LogP) is 10.7. The van der Waals surface area contributed by atoms with E-state index in [0.717, 1.165) is 6.42 Å². The molecule has 2 rings (SSSR count). The minimum Gasteiger partial charge on any atom is -0.0645 e. The molecule has 0 nitrogen and oxygen atoms in total. The van der Waals surface area contributed by atoms with Crippen molar-refractivity contribution in [1.82, 2.24) is 0 Å². The topological polar surface area (TPSA) is 0 Å².